The van der Waals surface area contributed by atoms with Crippen molar-refractivity contribution in [2.24, 2.45) is 0 Å². The molecule has 16 heavy (non-hydrogen) atoms. The van der Waals surface area contributed by atoms with Crippen LogP contribution >= 0.6 is 23.2 Å². The molecule has 0 saturated heterocycles. The molecule has 2 nitrogen and oxygen atoms in total. The Labute approximate surface area is 105 Å². The number of aromatic nitrogens is 1. The van der Waals surface area contributed by atoms with Gasteiger partial charge in [-0.15, -0.1) is 0 Å². The number of aryl methyl sites for hydroxylation is 1. The molecule has 1 N–H and O–H groups in total. The second kappa shape index (κ2) is 4.58. The monoisotopic (exact) mass is 254 g/mol. The van der Waals surface area contributed by atoms with Crippen LogP contribution in [0.15, 0.2) is 18.2 Å². The van der Waals surface area contributed by atoms with Crippen molar-refractivity contribution in [1.29, 1.82) is 0 Å². The molecule has 0 aliphatic rings. The van der Waals surface area contributed by atoms with Crippen molar-refractivity contribution >= 4 is 34.1 Å². The number of rotatable bonds is 2. The third-order valence-electron chi connectivity index (χ3n) is 2.50. The van der Waals surface area contributed by atoms with Gasteiger partial charge in [0.15, 0.2) is 0 Å². The molecule has 2 rings (SSSR count). The Morgan fingerprint density at radius 2 is 2.00 bits per heavy atom. The minimum absolute atomic E-state index is 0.599. The molecule has 0 spiro atoms. The van der Waals surface area contributed by atoms with Crippen molar-refractivity contribution in [3.8, 4) is 0 Å². The Morgan fingerprint density at radius 3 is 2.69 bits per heavy atom. The zero-order chi connectivity index (χ0) is 11.7. The van der Waals surface area contributed by atoms with E-state index in [0.29, 0.717) is 10.0 Å². The van der Waals surface area contributed by atoms with E-state index in [2.05, 4.69) is 16.4 Å². The Bertz CT molecular complexity index is 538. The molecule has 0 bridgehead atoms. The second-order valence-corrected chi connectivity index (χ2v) is 4.57. The maximum Gasteiger partial charge on any atom is 0.0892 e. The fraction of sp³-hybridized carbons (Fsp3) is 0.250. The SMILES string of the molecule is CNCc1cc2cc(Cl)cc(Cl)c2nc1C. The summed E-state index contributed by atoms with van der Waals surface area (Å²) in [5.41, 5.74) is 2.96. The highest BCUT2D eigenvalue weighted by Crippen LogP contribution is 2.27. The van der Waals surface area contributed by atoms with Gasteiger partial charge in [-0.2, -0.15) is 0 Å². The van der Waals surface area contributed by atoms with Crippen LogP contribution in [0.4, 0.5) is 0 Å². The van der Waals surface area contributed by atoms with Crippen LogP contribution in [0.5, 0.6) is 0 Å². The molecular weight excluding hydrogens is 243 g/mol. The lowest BCUT2D eigenvalue weighted by Crippen LogP contribution is -2.07. The van der Waals surface area contributed by atoms with Crippen molar-refractivity contribution in [2.75, 3.05) is 7.05 Å². The van der Waals surface area contributed by atoms with Crippen molar-refractivity contribution in [3.63, 3.8) is 0 Å². The molecule has 0 saturated carbocycles. The first-order chi connectivity index (χ1) is 7.61. The van der Waals surface area contributed by atoms with Gasteiger partial charge in [0.05, 0.1) is 10.5 Å². The molecule has 84 valence electrons. The van der Waals surface area contributed by atoms with Gasteiger partial charge in [0.25, 0.3) is 0 Å². The van der Waals surface area contributed by atoms with Crippen LogP contribution < -0.4 is 5.32 Å². The lowest BCUT2D eigenvalue weighted by Gasteiger charge is -2.08. The van der Waals surface area contributed by atoms with Gasteiger partial charge in [-0.1, -0.05) is 23.2 Å². The third kappa shape index (κ3) is 2.14. The van der Waals surface area contributed by atoms with Crippen LogP contribution in [0.2, 0.25) is 10.0 Å². The van der Waals surface area contributed by atoms with E-state index in [-0.39, 0.29) is 0 Å². The summed E-state index contributed by atoms with van der Waals surface area (Å²) in [6, 6.07) is 5.68. The van der Waals surface area contributed by atoms with Crippen LogP contribution in [0.25, 0.3) is 10.9 Å². The van der Waals surface area contributed by atoms with E-state index in [1.165, 1.54) is 0 Å². The van der Waals surface area contributed by atoms with E-state index in [1.54, 1.807) is 6.07 Å². The van der Waals surface area contributed by atoms with Gasteiger partial charge in [0, 0.05) is 22.6 Å². The molecule has 0 fully saturated rings. The zero-order valence-corrected chi connectivity index (χ0v) is 10.7. The summed E-state index contributed by atoms with van der Waals surface area (Å²) in [4.78, 5) is 4.50. The normalized spacial score (nSPS) is 11.0. The molecule has 0 aliphatic heterocycles. The van der Waals surface area contributed by atoms with E-state index >= 15 is 0 Å². The smallest absolute Gasteiger partial charge is 0.0892 e. The van der Waals surface area contributed by atoms with E-state index in [9.17, 15) is 0 Å². The lowest BCUT2D eigenvalue weighted by atomic mass is 10.1. The maximum atomic E-state index is 6.10. The van der Waals surface area contributed by atoms with Crippen molar-refractivity contribution < 1.29 is 0 Å². The minimum Gasteiger partial charge on any atom is -0.316 e. The molecule has 0 aliphatic carbocycles. The van der Waals surface area contributed by atoms with Crippen LogP contribution in [0, 0.1) is 6.92 Å². The van der Waals surface area contributed by atoms with E-state index in [1.807, 2.05) is 20.0 Å². The topological polar surface area (TPSA) is 24.9 Å². The summed E-state index contributed by atoms with van der Waals surface area (Å²) in [6.07, 6.45) is 0. The molecule has 1 aromatic carbocycles. The number of pyridine rings is 1. The molecule has 0 atom stereocenters. The number of hydrogen-bond acceptors (Lipinski definition) is 2. The molecule has 1 heterocycles. The fourth-order valence-corrected chi connectivity index (χ4v) is 2.27. The largest absolute Gasteiger partial charge is 0.316 e. The summed E-state index contributed by atoms with van der Waals surface area (Å²) < 4.78 is 0. The third-order valence-corrected chi connectivity index (χ3v) is 3.01. The van der Waals surface area contributed by atoms with Crippen LogP contribution in [0.1, 0.15) is 11.3 Å². The summed E-state index contributed by atoms with van der Waals surface area (Å²) in [6.45, 7) is 2.77. The molecule has 1 aromatic heterocycles. The molecule has 0 radical (unpaired) electrons. The van der Waals surface area contributed by atoms with E-state index in [4.69, 9.17) is 23.2 Å². The van der Waals surface area contributed by atoms with Gasteiger partial charge in [0.1, 0.15) is 0 Å². The van der Waals surface area contributed by atoms with Crippen molar-refractivity contribution in [1.82, 2.24) is 10.3 Å². The van der Waals surface area contributed by atoms with Crippen LogP contribution in [-0.4, -0.2) is 12.0 Å². The van der Waals surface area contributed by atoms with Crippen LogP contribution in [-0.2, 0) is 6.54 Å². The first-order valence-corrected chi connectivity index (χ1v) is 5.77. The van der Waals surface area contributed by atoms with Crippen molar-refractivity contribution in [3.05, 3.63) is 39.5 Å². The first-order valence-electron chi connectivity index (χ1n) is 5.01. The number of fused-ring (bicyclic) bond motifs is 1. The fourth-order valence-electron chi connectivity index (χ4n) is 1.71. The van der Waals surface area contributed by atoms with Gasteiger partial charge in [-0.05, 0) is 37.7 Å². The predicted molar refractivity (Wildman–Crippen MR) is 69.3 cm³/mol. The molecule has 4 heteroatoms. The Balaban J connectivity index is 2.69. The standard InChI is InChI=1S/C12H12Cl2N2/c1-7-9(6-15-2)3-8-4-10(13)5-11(14)12(8)16-7/h3-5,15H,6H2,1-2H3. The average Bonchev–Trinajstić information content (AvgIpc) is 2.21. The number of halogens is 2. The number of hydrogen-bond donors (Lipinski definition) is 1. The molecule has 0 amide bonds. The second-order valence-electron chi connectivity index (χ2n) is 3.72. The number of benzene rings is 1. The predicted octanol–water partition coefficient (Wildman–Crippen LogP) is 3.57. The summed E-state index contributed by atoms with van der Waals surface area (Å²) >= 11 is 12.1. The van der Waals surface area contributed by atoms with Gasteiger partial charge in [-0.25, -0.2) is 0 Å². The Hall–Kier alpha value is -0.830. The van der Waals surface area contributed by atoms with Crippen LogP contribution in [0.3, 0.4) is 0 Å². The van der Waals surface area contributed by atoms with Crippen molar-refractivity contribution in [2.45, 2.75) is 13.5 Å². The quantitative estimate of drug-likeness (QED) is 0.887. The van der Waals surface area contributed by atoms with Gasteiger partial charge < -0.3 is 5.32 Å². The average molecular weight is 255 g/mol. The highest BCUT2D eigenvalue weighted by Gasteiger charge is 2.06. The van der Waals surface area contributed by atoms with E-state index < -0.39 is 0 Å². The molecular formula is C12H12Cl2N2. The Morgan fingerprint density at radius 1 is 1.25 bits per heavy atom. The zero-order valence-electron chi connectivity index (χ0n) is 9.14. The highest BCUT2D eigenvalue weighted by molar-refractivity contribution is 6.38. The van der Waals surface area contributed by atoms with E-state index in [0.717, 1.165) is 28.7 Å². The lowest BCUT2D eigenvalue weighted by molar-refractivity contribution is 0.807. The molecule has 2 aromatic rings. The van der Waals surface area contributed by atoms with Gasteiger partial charge in [0.2, 0.25) is 0 Å². The van der Waals surface area contributed by atoms with Gasteiger partial charge >= 0.3 is 0 Å². The van der Waals surface area contributed by atoms with Gasteiger partial charge in [-0.3, -0.25) is 4.98 Å². The number of nitrogens with zero attached hydrogens (tertiary/aromatic N) is 1. The molecule has 0 unspecified atom stereocenters. The summed E-state index contributed by atoms with van der Waals surface area (Å²) in [5, 5.41) is 5.33. The first kappa shape index (κ1) is 11.6. The summed E-state index contributed by atoms with van der Waals surface area (Å²) in [5.74, 6) is 0. The minimum atomic E-state index is 0.599. The maximum absolute atomic E-state index is 6.10. The Kier molecular flexibility index (Phi) is 3.33. The highest BCUT2D eigenvalue weighted by atomic mass is 35.5. The summed E-state index contributed by atoms with van der Waals surface area (Å²) in [7, 11) is 1.91. The number of nitrogens with one attached hydrogen (secondary N) is 1.